The SMILES string of the molecule is CNc1n[nH]c2c1CCN(C(=O)OC(C)(C)C)CC2. The summed E-state index contributed by atoms with van der Waals surface area (Å²) in [6, 6.07) is 0. The van der Waals surface area contributed by atoms with Crippen molar-refractivity contribution in [2.75, 3.05) is 25.5 Å². The minimum atomic E-state index is -0.449. The van der Waals surface area contributed by atoms with Crippen molar-refractivity contribution < 1.29 is 9.53 Å². The van der Waals surface area contributed by atoms with Crippen LogP contribution in [0.4, 0.5) is 10.6 Å². The number of hydrogen-bond donors (Lipinski definition) is 2. The monoisotopic (exact) mass is 266 g/mol. The minimum absolute atomic E-state index is 0.239. The summed E-state index contributed by atoms with van der Waals surface area (Å²) in [7, 11) is 1.85. The number of fused-ring (bicyclic) bond motifs is 1. The molecule has 1 amide bonds. The first kappa shape index (κ1) is 13.7. The highest BCUT2D eigenvalue weighted by Gasteiger charge is 2.25. The van der Waals surface area contributed by atoms with Crippen LogP contribution in [-0.2, 0) is 17.6 Å². The van der Waals surface area contributed by atoms with Gasteiger partial charge in [-0.15, -0.1) is 0 Å². The smallest absolute Gasteiger partial charge is 0.410 e. The zero-order chi connectivity index (χ0) is 14.0. The van der Waals surface area contributed by atoms with Crippen LogP contribution >= 0.6 is 0 Å². The van der Waals surface area contributed by atoms with Crippen LogP contribution in [0.25, 0.3) is 0 Å². The zero-order valence-electron chi connectivity index (χ0n) is 12.0. The summed E-state index contributed by atoms with van der Waals surface area (Å²) in [5.74, 6) is 0.876. The predicted molar refractivity (Wildman–Crippen MR) is 73.3 cm³/mol. The lowest BCUT2D eigenvalue weighted by atomic mass is 10.1. The van der Waals surface area contributed by atoms with E-state index < -0.39 is 5.60 Å². The molecule has 0 bridgehead atoms. The van der Waals surface area contributed by atoms with Gasteiger partial charge in [0.1, 0.15) is 5.60 Å². The Morgan fingerprint density at radius 3 is 2.68 bits per heavy atom. The summed E-state index contributed by atoms with van der Waals surface area (Å²) in [4.78, 5) is 13.8. The quantitative estimate of drug-likeness (QED) is 0.813. The van der Waals surface area contributed by atoms with E-state index in [0.29, 0.717) is 13.1 Å². The number of ether oxygens (including phenoxy) is 1. The van der Waals surface area contributed by atoms with Crippen LogP contribution in [0.1, 0.15) is 32.0 Å². The summed E-state index contributed by atoms with van der Waals surface area (Å²) < 4.78 is 5.41. The number of nitrogens with zero attached hydrogens (tertiary/aromatic N) is 2. The molecule has 0 aliphatic carbocycles. The van der Waals surface area contributed by atoms with Crippen LogP contribution in [0.3, 0.4) is 0 Å². The number of H-pyrrole nitrogens is 1. The topological polar surface area (TPSA) is 70.2 Å². The largest absolute Gasteiger partial charge is 0.444 e. The van der Waals surface area contributed by atoms with Gasteiger partial charge in [0.25, 0.3) is 0 Å². The number of carbonyl (C=O) groups excluding carboxylic acids is 1. The number of rotatable bonds is 1. The number of aromatic amines is 1. The Morgan fingerprint density at radius 2 is 2.05 bits per heavy atom. The van der Waals surface area contributed by atoms with Gasteiger partial charge in [-0.25, -0.2) is 4.79 Å². The summed E-state index contributed by atoms with van der Waals surface area (Å²) in [5, 5.41) is 10.3. The number of carbonyl (C=O) groups is 1. The van der Waals surface area contributed by atoms with Gasteiger partial charge in [0.15, 0.2) is 5.82 Å². The van der Waals surface area contributed by atoms with Crippen molar-refractivity contribution in [3.63, 3.8) is 0 Å². The van der Waals surface area contributed by atoms with E-state index in [9.17, 15) is 4.79 Å². The maximum Gasteiger partial charge on any atom is 0.410 e. The van der Waals surface area contributed by atoms with Crippen molar-refractivity contribution in [2.24, 2.45) is 0 Å². The first-order chi connectivity index (χ1) is 8.90. The molecule has 0 fully saturated rings. The normalized spacial score (nSPS) is 15.7. The molecule has 19 heavy (non-hydrogen) atoms. The van der Waals surface area contributed by atoms with Crippen LogP contribution in [0.5, 0.6) is 0 Å². The molecular weight excluding hydrogens is 244 g/mol. The summed E-state index contributed by atoms with van der Waals surface area (Å²) in [6.07, 6.45) is 1.33. The lowest BCUT2D eigenvalue weighted by Gasteiger charge is -2.26. The van der Waals surface area contributed by atoms with Gasteiger partial charge in [-0.05, 0) is 27.2 Å². The second kappa shape index (κ2) is 5.11. The molecule has 1 aromatic heterocycles. The molecule has 0 unspecified atom stereocenters. The molecular formula is C13H22N4O2. The third-order valence-electron chi connectivity index (χ3n) is 3.10. The molecule has 106 valence electrons. The summed E-state index contributed by atoms with van der Waals surface area (Å²) in [6.45, 7) is 6.97. The Labute approximate surface area is 113 Å². The highest BCUT2D eigenvalue weighted by atomic mass is 16.6. The lowest BCUT2D eigenvalue weighted by Crippen LogP contribution is -2.38. The van der Waals surface area contributed by atoms with Crippen molar-refractivity contribution in [1.82, 2.24) is 15.1 Å². The van der Waals surface area contributed by atoms with Crippen molar-refractivity contribution in [1.29, 1.82) is 0 Å². The van der Waals surface area contributed by atoms with Gasteiger partial charge in [-0.3, -0.25) is 5.10 Å². The third-order valence-corrected chi connectivity index (χ3v) is 3.10. The van der Waals surface area contributed by atoms with Gasteiger partial charge >= 0.3 is 6.09 Å². The second-order valence-corrected chi connectivity index (χ2v) is 5.75. The van der Waals surface area contributed by atoms with Crippen LogP contribution < -0.4 is 5.32 Å². The lowest BCUT2D eigenvalue weighted by molar-refractivity contribution is 0.0258. The standard InChI is InChI=1S/C13H22N4O2/c1-13(2,3)19-12(18)17-7-5-9-10(6-8-17)15-16-11(9)14-4/h5-8H2,1-4H3,(H2,14,15,16). The van der Waals surface area contributed by atoms with E-state index in [1.54, 1.807) is 4.90 Å². The van der Waals surface area contributed by atoms with E-state index >= 15 is 0 Å². The Balaban J connectivity index is 2.03. The number of nitrogens with one attached hydrogen (secondary N) is 2. The fourth-order valence-electron chi connectivity index (χ4n) is 2.20. The van der Waals surface area contributed by atoms with Gasteiger partial charge in [0, 0.05) is 37.8 Å². The number of amides is 1. The van der Waals surface area contributed by atoms with Gasteiger partial charge in [-0.1, -0.05) is 0 Å². The molecule has 0 saturated carbocycles. The van der Waals surface area contributed by atoms with Crippen molar-refractivity contribution >= 4 is 11.9 Å². The average molecular weight is 266 g/mol. The Bertz CT molecular complexity index is 462. The fourth-order valence-corrected chi connectivity index (χ4v) is 2.20. The molecule has 0 saturated heterocycles. The van der Waals surface area contributed by atoms with E-state index in [-0.39, 0.29) is 6.09 Å². The molecule has 0 atom stereocenters. The molecule has 2 heterocycles. The Kier molecular flexibility index (Phi) is 3.68. The van der Waals surface area contributed by atoms with Crippen molar-refractivity contribution in [3.05, 3.63) is 11.3 Å². The molecule has 1 aliphatic heterocycles. The molecule has 2 N–H and O–H groups in total. The number of anilines is 1. The molecule has 1 aromatic rings. The second-order valence-electron chi connectivity index (χ2n) is 5.75. The number of aromatic nitrogens is 2. The van der Waals surface area contributed by atoms with E-state index in [1.165, 1.54) is 5.56 Å². The molecule has 6 nitrogen and oxygen atoms in total. The zero-order valence-corrected chi connectivity index (χ0v) is 12.0. The van der Waals surface area contributed by atoms with E-state index in [1.807, 2.05) is 27.8 Å². The highest BCUT2D eigenvalue weighted by Crippen LogP contribution is 2.21. The maximum atomic E-state index is 12.1. The van der Waals surface area contributed by atoms with Crippen LogP contribution in [-0.4, -0.2) is 46.9 Å². The first-order valence-electron chi connectivity index (χ1n) is 6.62. The van der Waals surface area contributed by atoms with E-state index in [2.05, 4.69) is 15.5 Å². The van der Waals surface area contributed by atoms with Gasteiger partial charge in [0.05, 0.1) is 0 Å². The Morgan fingerprint density at radius 1 is 1.37 bits per heavy atom. The predicted octanol–water partition coefficient (Wildman–Crippen LogP) is 1.79. The van der Waals surface area contributed by atoms with Crippen molar-refractivity contribution in [2.45, 2.75) is 39.2 Å². The van der Waals surface area contributed by atoms with Gasteiger partial charge in [-0.2, -0.15) is 5.10 Å². The van der Waals surface area contributed by atoms with Crippen molar-refractivity contribution in [3.8, 4) is 0 Å². The van der Waals surface area contributed by atoms with Crippen LogP contribution in [0, 0.1) is 0 Å². The minimum Gasteiger partial charge on any atom is -0.444 e. The molecule has 0 radical (unpaired) electrons. The van der Waals surface area contributed by atoms with E-state index in [0.717, 1.165) is 24.4 Å². The molecule has 2 rings (SSSR count). The molecule has 0 aromatic carbocycles. The molecule has 0 spiro atoms. The van der Waals surface area contributed by atoms with Crippen LogP contribution in [0.2, 0.25) is 0 Å². The first-order valence-corrected chi connectivity index (χ1v) is 6.62. The molecule has 1 aliphatic rings. The summed E-state index contributed by atoms with van der Waals surface area (Å²) in [5.41, 5.74) is 1.83. The maximum absolute atomic E-state index is 12.1. The fraction of sp³-hybridized carbons (Fsp3) is 0.692. The average Bonchev–Trinajstić information content (AvgIpc) is 2.57. The van der Waals surface area contributed by atoms with Crippen LogP contribution in [0.15, 0.2) is 0 Å². The van der Waals surface area contributed by atoms with Gasteiger partial charge < -0.3 is 15.0 Å². The number of hydrogen-bond acceptors (Lipinski definition) is 4. The van der Waals surface area contributed by atoms with E-state index in [4.69, 9.17) is 4.74 Å². The van der Waals surface area contributed by atoms with Gasteiger partial charge in [0.2, 0.25) is 0 Å². The summed E-state index contributed by atoms with van der Waals surface area (Å²) >= 11 is 0. The highest BCUT2D eigenvalue weighted by molar-refractivity contribution is 5.68. The Hall–Kier alpha value is -1.72. The third kappa shape index (κ3) is 3.19. The molecule has 6 heteroatoms.